The fourth-order valence-electron chi connectivity index (χ4n) is 4.10. The molecule has 0 bridgehead atoms. The minimum Gasteiger partial charge on any atom is -0.493 e. The van der Waals surface area contributed by atoms with Gasteiger partial charge in [-0.15, -0.1) is 0 Å². The lowest BCUT2D eigenvalue weighted by Gasteiger charge is -2.32. The van der Waals surface area contributed by atoms with Gasteiger partial charge in [-0.1, -0.05) is 6.07 Å². The van der Waals surface area contributed by atoms with Gasteiger partial charge >= 0.3 is 0 Å². The summed E-state index contributed by atoms with van der Waals surface area (Å²) in [4.78, 5) is 1.41. The van der Waals surface area contributed by atoms with Crippen molar-refractivity contribution in [1.82, 2.24) is 0 Å². The molecule has 0 aromatic heterocycles. The Labute approximate surface area is 145 Å². The van der Waals surface area contributed by atoms with E-state index in [0.29, 0.717) is 6.79 Å². The van der Waals surface area contributed by atoms with Crippen molar-refractivity contribution in [3.05, 3.63) is 45.8 Å². The first-order chi connectivity index (χ1) is 12.3. The summed E-state index contributed by atoms with van der Waals surface area (Å²) in [6.07, 6.45) is 5.62. The first kappa shape index (κ1) is 14.7. The normalized spacial score (nSPS) is 22.0. The van der Waals surface area contributed by atoms with Crippen LogP contribution in [0.5, 0.6) is 23.0 Å². The van der Waals surface area contributed by atoms with Crippen LogP contribution >= 0.6 is 0 Å². The van der Waals surface area contributed by atoms with Crippen molar-refractivity contribution in [2.45, 2.75) is 12.5 Å². The molecule has 5 rings (SSSR count). The molecular weight excluding hydrogens is 318 g/mol. The SMILES string of the molecule is COc1cc2c(cc1OC)C1C=c3ccc4c(c3=C[NH+]1CC2)OCO4. The number of hydrogen-bond donors (Lipinski definition) is 1. The molecule has 0 saturated heterocycles. The van der Waals surface area contributed by atoms with Crippen LogP contribution in [0.15, 0.2) is 24.3 Å². The van der Waals surface area contributed by atoms with Crippen LogP contribution in [0, 0.1) is 0 Å². The summed E-state index contributed by atoms with van der Waals surface area (Å²) < 4.78 is 22.2. The Morgan fingerprint density at radius 1 is 1.08 bits per heavy atom. The topological polar surface area (TPSA) is 41.4 Å². The predicted octanol–water partition coefficient (Wildman–Crippen LogP) is 0.147. The molecule has 1 N–H and O–H groups in total. The Kier molecular flexibility index (Phi) is 3.18. The lowest BCUT2D eigenvalue weighted by atomic mass is 9.90. The second-order valence-corrected chi connectivity index (χ2v) is 6.57. The highest BCUT2D eigenvalue weighted by Gasteiger charge is 2.32. The maximum Gasteiger partial charge on any atom is 0.231 e. The van der Waals surface area contributed by atoms with Crippen LogP contribution in [-0.2, 0) is 6.42 Å². The van der Waals surface area contributed by atoms with E-state index in [4.69, 9.17) is 18.9 Å². The molecule has 2 aromatic carbocycles. The zero-order valence-corrected chi connectivity index (χ0v) is 14.3. The number of methoxy groups -OCH3 is 2. The fraction of sp³-hybridized carbons (Fsp3) is 0.300. The van der Waals surface area contributed by atoms with Crippen LogP contribution in [0.2, 0.25) is 0 Å². The summed E-state index contributed by atoms with van der Waals surface area (Å²) in [7, 11) is 3.37. The van der Waals surface area contributed by atoms with E-state index in [9.17, 15) is 0 Å². The molecule has 0 aliphatic carbocycles. The van der Waals surface area contributed by atoms with Crippen LogP contribution in [0.25, 0.3) is 12.3 Å². The third-order valence-corrected chi connectivity index (χ3v) is 5.35. The van der Waals surface area contributed by atoms with Gasteiger partial charge in [0.1, 0.15) is 12.2 Å². The molecular formula is C20H20NO4+. The van der Waals surface area contributed by atoms with Gasteiger partial charge < -0.3 is 18.9 Å². The number of nitrogens with one attached hydrogen (secondary N) is 1. The quantitative estimate of drug-likeness (QED) is 0.846. The monoisotopic (exact) mass is 338 g/mol. The van der Waals surface area contributed by atoms with Gasteiger partial charge in [0.25, 0.3) is 0 Å². The van der Waals surface area contributed by atoms with Gasteiger partial charge in [0, 0.05) is 12.0 Å². The van der Waals surface area contributed by atoms with Crippen LogP contribution < -0.4 is 34.3 Å². The van der Waals surface area contributed by atoms with Gasteiger partial charge in [-0.25, -0.2) is 0 Å². The highest BCUT2D eigenvalue weighted by atomic mass is 16.7. The van der Waals surface area contributed by atoms with E-state index in [1.807, 2.05) is 6.07 Å². The summed E-state index contributed by atoms with van der Waals surface area (Å²) in [6, 6.07) is 8.63. The van der Waals surface area contributed by atoms with E-state index in [1.165, 1.54) is 21.2 Å². The van der Waals surface area contributed by atoms with Crippen molar-refractivity contribution >= 4 is 12.3 Å². The van der Waals surface area contributed by atoms with Crippen molar-refractivity contribution in [1.29, 1.82) is 0 Å². The van der Waals surface area contributed by atoms with Crippen molar-refractivity contribution in [3.8, 4) is 23.0 Å². The van der Waals surface area contributed by atoms with Crippen LogP contribution in [0.1, 0.15) is 17.2 Å². The van der Waals surface area contributed by atoms with E-state index in [0.717, 1.165) is 41.2 Å². The molecule has 0 saturated carbocycles. The molecule has 2 aromatic rings. The molecule has 2 unspecified atom stereocenters. The lowest BCUT2D eigenvalue weighted by Crippen LogP contribution is -3.09. The highest BCUT2D eigenvalue weighted by Crippen LogP contribution is 2.35. The highest BCUT2D eigenvalue weighted by molar-refractivity contribution is 5.56. The number of rotatable bonds is 2. The maximum absolute atomic E-state index is 5.69. The Morgan fingerprint density at radius 2 is 1.92 bits per heavy atom. The van der Waals surface area contributed by atoms with E-state index in [1.54, 1.807) is 14.2 Å². The van der Waals surface area contributed by atoms with E-state index < -0.39 is 0 Å². The average Bonchev–Trinajstić information content (AvgIpc) is 3.14. The second-order valence-electron chi connectivity index (χ2n) is 6.57. The zero-order chi connectivity index (χ0) is 17.0. The number of benzene rings is 2. The fourth-order valence-corrected chi connectivity index (χ4v) is 4.10. The van der Waals surface area contributed by atoms with Crippen molar-refractivity contribution in [2.75, 3.05) is 27.6 Å². The Balaban J connectivity index is 1.68. The second kappa shape index (κ2) is 5.43. The first-order valence-corrected chi connectivity index (χ1v) is 8.51. The van der Waals surface area contributed by atoms with Crippen LogP contribution in [0.4, 0.5) is 0 Å². The van der Waals surface area contributed by atoms with E-state index >= 15 is 0 Å². The van der Waals surface area contributed by atoms with Gasteiger partial charge in [0.2, 0.25) is 6.79 Å². The first-order valence-electron chi connectivity index (χ1n) is 8.51. The van der Waals surface area contributed by atoms with E-state index in [-0.39, 0.29) is 6.04 Å². The molecule has 3 aliphatic heterocycles. The molecule has 5 nitrogen and oxygen atoms in total. The number of hydrogen-bond acceptors (Lipinski definition) is 4. The molecule has 0 spiro atoms. The minimum atomic E-state index is 0.274. The van der Waals surface area contributed by atoms with Crippen LogP contribution in [0.3, 0.4) is 0 Å². The molecule has 0 radical (unpaired) electrons. The summed E-state index contributed by atoms with van der Waals surface area (Å²) in [5.74, 6) is 3.29. The Hall–Kier alpha value is -2.66. The molecule has 0 amide bonds. The molecule has 25 heavy (non-hydrogen) atoms. The van der Waals surface area contributed by atoms with Gasteiger partial charge in [0.05, 0.1) is 26.0 Å². The Bertz CT molecular complexity index is 982. The summed E-state index contributed by atoms with van der Waals surface area (Å²) in [5, 5.41) is 2.34. The molecule has 2 atom stereocenters. The zero-order valence-electron chi connectivity index (χ0n) is 14.3. The standard InChI is InChI=1S/C20H19NO4/c1-22-18-8-13-5-6-21-10-15-12(3-4-17-20(15)25-11-24-17)7-16(21)14(13)9-19(18)23-2/h3-4,7-10,16H,5-6,11H2,1-2H3/p+1. The van der Waals surface area contributed by atoms with Crippen LogP contribution in [-0.4, -0.2) is 27.6 Å². The van der Waals surface area contributed by atoms with Crippen molar-refractivity contribution in [3.63, 3.8) is 0 Å². The summed E-state index contributed by atoms with van der Waals surface area (Å²) in [6.45, 7) is 1.34. The molecule has 0 fully saturated rings. The third-order valence-electron chi connectivity index (χ3n) is 5.35. The van der Waals surface area contributed by atoms with Gasteiger partial charge in [-0.05, 0) is 35.1 Å². The third kappa shape index (κ3) is 2.12. The summed E-state index contributed by atoms with van der Waals surface area (Å²) in [5.41, 5.74) is 2.64. The predicted molar refractivity (Wildman–Crippen MR) is 92.6 cm³/mol. The van der Waals surface area contributed by atoms with Gasteiger partial charge in [0.15, 0.2) is 23.0 Å². The Morgan fingerprint density at radius 3 is 2.76 bits per heavy atom. The smallest absolute Gasteiger partial charge is 0.231 e. The summed E-state index contributed by atoms with van der Waals surface area (Å²) >= 11 is 0. The average molecular weight is 338 g/mol. The maximum atomic E-state index is 5.69. The number of ether oxygens (including phenoxy) is 4. The number of quaternary nitrogens is 1. The molecule has 128 valence electrons. The number of fused-ring (bicyclic) bond motifs is 6. The van der Waals surface area contributed by atoms with Gasteiger partial charge in [-0.3, -0.25) is 4.90 Å². The minimum absolute atomic E-state index is 0.274. The van der Waals surface area contributed by atoms with Gasteiger partial charge in [-0.2, -0.15) is 0 Å². The molecule has 3 heterocycles. The van der Waals surface area contributed by atoms with Crippen molar-refractivity contribution < 1.29 is 23.8 Å². The van der Waals surface area contributed by atoms with Crippen molar-refractivity contribution in [2.24, 2.45) is 0 Å². The van der Waals surface area contributed by atoms with E-state index in [2.05, 4.69) is 30.5 Å². The molecule has 5 heteroatoms. The lowest BCUT2D eigenvalue weighted by molar-refractivity contribution is -0.844. The molecule has 3 aliphatic rings. The largest absolute Gasteiger partial charge is 0.493 e.